The van der Waals surface area contributed by atoms with Gasteiger partial charge in [-0.15, -0.1) is 11.6 Å². The molecule has 1 amide bonds. The predicted octanol–water partition coefficient (Wildman–Crippen LogP) is 2.55. The minimum atomic E-state index is -1.01. The Kier molecular flexibility index (Phi) is 2.82. The number of nitrogens with one attached hydrogen (secondary N) is 1. The summed E-state index contributed by atoms with van der Waals surface area (Å²) in [5.41, 5.74) is 2.27. The van der Waals surface area contributed by atoms with Crippen molar-refractivity contribution in [1.82, 2.24) is 5.32 Å². The van der Waals surface area contributed by atoms with Crippen molar-refractivity contribution in [2.45, 2.75) is 24.3 Å². The van der Waals surface area contributed by atoms with Gasteiger partial charge in [0.1, 0.15) is 0 Å². The average Bonchev–Trinajstić information content (AvgIpc) is 2.22. The molecule has 2 atom stereocenters. The third kappa shape index (κ3) is 2.07. The van der Waals surface area contributed by atoms with Gasteiger partial charge in [-0.25, -0.2) is 4.79 Å². The zero-order valence-electron chi connectivity index (χ0n) is 8.11. The van der Waals surface area contributed by atoms with E-state index in [1.165, 1.54) is 5.56 Å². The van der Waals surface area contributed by atoms with Crippen molar-refractivity contribution in [2.24, 2.45) is 0 Å². The van der Waals surface area contributed by atoms with Crippen molar-refractivity contribution in [2.75, 3.05) is 0 Å². The Hall–Kier alpha value is -1.22. The molecule has 80 valence electrons. The Morgan fingerprint density at radius 3 is 2.93 bits per heavy atom. The van der Waals surface area contributed by atoms with Crippen molar-refractivity contribution >= 4 is 17.7 Å². The summed E-state index contributed by atoms with van der Waals surface area (Å²) in [4.78, 5) is 10.6. The molecule has 0 saturated heterocycles. The van der Waals surface area contributed by atoms with E-state index in [2.05, 4.69) is 5.32 Å². The lowest BCUT2D eigenvalue weighted by atomic mass is 9.88. The van der Waals surface area contributed by atoms with E-state index in [0.717, 1.165) is 18.4 Å². The van der Waals surface area contributed by atoms with Gasteiger partial charge in [-0.2, -0.15) is 0 Å². The monoisotopic (exact) mass is 225 g/mol. The molecule has 15 heavy (non-hydrogen) atoms. The van der Waals surface area contributed by atoms with Gasteiger partial charge < -0.3 is 10.4 Å². The van der Waals surface area contributed by atoms with Crippen LogP contribution in [0.25, 0.3) is 0 Å². The lowest BCUT2D eigenvalue weighted by Crippen LogP contribution is -2.39. The molecule has 2 rings (SSSR count). The third-order valence-electron chi connectivity index (χ3n) is 2.74. The number of alkyl halides is 1. The van der Waals surface area contributed by atoms with Crippen LogP contribution in [-0.2, 0) is 6.42 Å². The zero-order chi connectivity index (χ0) is 10.8. The molecule has 0 radical (unpaired) electrons. The Bertz CT molecular complexity index is 381. The minimum absolute atomic E-state index is 0.181. The standard InChI is InChI=1S/C11H12ClNO2/c12-10-8-4-2-1-3-7(8)5-6-9(10)13-11(14)15/h1-4,9-10,13H,5-6H2,(H,14,15). The molecule has 2 unspecified atom stereocenters. The van der Waals surface area contributed by atoms with Crippen LogP contribution in [0.4, 0.5) is 4.79 Å². The first-order valence-electron chi connectivity index (χ1n) is 4.90. The SMILES string of the molecule is O=C(O)NC1CCc2ccccc2C1Cl. The number of rotatable bonds is 1. The van der Waals surface area contributed by atoms with E-state index < -0.39 is 6.09 Å². The molecular formula is C11H12ClNO2. The minimum Gasteiger partial charge on any atom is -0.465 e. The first kappa shape index (κ1) is 10.3. The topological polar surface area (TPSA) is 49.3 Å². The summed E-state index contributed by atoms with van der Waals surface area (Å²) >= 11 is 6.23. The fourth-order valence-corrected chi connectivity index (χ4v) is 2.41. The second-order valence-corrected chi connectivity index (χ2v) is 4.17. The van der Waals surface area contributed by atoms with Crippen molar-refractivity contribution in [3.63, 3.8) is 0 Å². The molecule has 0 spiro atoms. The highest BCUT2D eigenvalue weighted by Gasteiger charge is 2.28. The molecule has 1 aromatic rings. The van der Waals surface area contributed by atoms with E-state index in [4.69, 9.17) is 16.7 Å². The molecule has 1 aromatic carbocycles. The molecule has 4 heteroatoms. The second-order valence-electron chi connectivity index (χ2n) is 3.70. The van der Waals surface area contributed by atoms with Gasteiger partial charge in [-0.3, -0.25) is 0 Å². The Balaban J connectivity index is 2.22. The van der Waals surface area contributed by atoms with Crippen LogP contribution in [0.15, 0.2) is 24.3 Å². The van der Waals surface area contributed by atoms with Gasteiger partial charge in [-0.1, -0.05) is 24.3 Å². The van der Waals surface area contributed by atoms with E-state index in [0.29, 0.717) is 0 Å². The first-order valence-corrected chi connectivity index (χ1v) is 5.33. The van der Waals surface area contributed by atoms with Gasteiger partial charge in [0, 0.05) is 0 Å². The highest BCUT2D eigenvalue weighted by Crippen LogP contribution is 2.34. The molecule has 0 saturated carbocycles. The van der Waals surface area contributed by atoms with Crippen molar-refractivity contribution in [3.8, 4) is 0 Å². The molecule has 1 aliphatic carbocycles. The number of carbonyl (C=O) groups is 1. The Morgan fingerprint density at radius 1 is 1.47 bits per heavy atom. The fraction of sp³-hybridized carbons (Fsp3) is 0.364. The van der Waals surface area contributed by atoms with Crippen molar-refractivity contribution in [1.29, 1.82) is 0 Å². The predicted molar refractivity (Wildman–Crippen MR) is 58.3 cm³/mol. The van der Waals surface area contributed by atoms with Gasteiger partial charge >= 0.3 is 6.09 Å². The maximum Gasteiger partial charge on any atom is 0.404 e. The number of fused-ring (bicyclic) bond motifs is 1. The maximum absolute atomic E-state index is 10.6. The van der Waals surface area contributed by atoms with Gasteiger partial charge in [-0.05, 0) is 24.0 Å². The van der Waals surface area contributed by atoms with E-state index in [9.17, 15) is 4.79 Å². The molecule has 3 nitrogen and oxygen atoms in total. The highest BCUT2D eigenvalue weighted by molar-refractivity contribution is 6.21. The number of hydrogen-bond acceptors (Lipinski definition) is 1. The number of hydrogen-bond donors (Lipinski definition) is 2. The summed E-state index contributed by atoms with van der Waals surface area (Å²) in [6.07, 6.45) is 0.631. The number of aryl methyl sites for hydroxylation is 1. The molecular weight excluding hydrogens is 214 g/mol. The van der Waals surface area contributed by atoms with Crippen LogP contribution in [0.3, 0.4) is 0 Å². The van der Waals surface area contributed by atoms with E-state index >= 15 is 0 Å². The summed E-state index contributed by atoms with van der Waals surface area (Å²) in [5, 5.41) is 10.9. The smallest absolute Gasteiger partial charge is 0.404 e. The Morgan fingerprint density at radius 2 is 2.20 bits per heavy atom. The van der Waals surface area contributed by atoms with Crippen molar-refractivity contribution in [3.05, 3.63) is 35.4 Å². The average molecular weight is 226 g/mol. The van der Waals surface area contributed by atoms with Gasteiger partial charge in [0.15, 0.2) is 0 Å². The van der Waals surface area contributed by atoms with E-state index in [1.807, 2.05) is 24.3 Å². The molecule has 0 aliphatic heterocycles. The molecule has 0 fully saturated rings. The molecule has 0 bridgehead atoms. The van der Waals surface area contributed by atoms with Gasteiger partial charge in [0.25, 0.3) is 0 Å². The highest BCUT2D eigenvalue weighted by atomic mass is 35.5. The van der Waals surface area contributed by atoms with Crippen LogP contribution in [0.1, 0.15) is 22.9 Å². The van der Waals surface area contributed by atoms with Crippen LogP contribution in [0.2, 0.25) is 0 Å². The van der Waals surface area contributed by atoms with Gasteiger partial charge in [0.05, 0.1) is 11.4 Å². The second kappa shape index (κ2) is 4.11. The maximum atomic E-state index is 10.6. The van der Waals surface area contributed by atoms with Crippen LogP contribution in [-0.4, -0.2) is 17.2 Å². The van der Waals surface area contributed by atoms with Crippen LogP contribution in [0, 0.1) is 0 Å². The molecule has 0 heterocycles. The Labute approximate surface area is 93.1 Å². The summed E-state index contributed by atoms with van der Waals surface area (Å²) in [6, 6.07) is 7.73. The lowest BCUT2D eigenvalue weighted by molar-refractivity contribution is 0.188. The van der Waals surface area contributed by atoms with Crippen LogP contribution < -0.4 is 5.32 Å². The quantitative estimate of drug-likeness (QED) is 0.722. The zero-order valence-corrected chi connectivity index (χ0v) is 8.87. The molecule has 0 aromatic heterocycles. The first-order chi connectivity index (χ1) is 7.18. The number of carboxylic acid groups (broad SMARTS) is 1. The fourth-order valence-electron chi connectivity index (χ4n) is 2.01. The van der Waals surface area contributed by atoms with E-state index in [1.54, 1.807) is 0 Å². The summed E-state index contributed by atoms with van der Waals surface area (Å²) in [5.74, 6) is 0. The lowest BCUT2D eigenvalue weighted by Gasteiger charge is -2.29. The van der Waals surface area contributed by atoms with Crippen molar-refractivity contribution < 1.29 is 9.90 Å². The van der Waals surface area contributed by atoms with Crippen LogP contribution in [0.5, 0.6) is 0 Å². The number of benzene rings is 1. The van der Waals surface area contributed by atoms with Crippen LogP contribution >= 0.6 is 11.6 Å². The molecule has 1 aliphatic rings. The number of halogens is 1. The normalized spacial score (nSPS) is 24.3. The van der Waals surface area contributed by atoms with Gasteiger partial charge in [0.2, 0.25) is 0 Å². The summed E-state index contributed by atoms with van der Waals surface area (Å²) in [6.45, 7) is 0. The summed E-state index contributed by atoms with van der Waals surface area (Å²) in [7, 11) is 0. The largest absolute Gasteiger partial charge is 0.465 e. The summed E-state index contributed by atoms with van der Waals surface area (Å²) < 4.78 is 0. The number of amides is 1. The molecule has 2 N–H and O–H groups in total. The third-order valence-corrected chi connectivity index (χ3v) is 3.28. The van der Waals surface area contributed by atoms with E-state index in [-0.39, 0.29) is 11.4 Å².